The number of carbonyl (C=O) groups is 1. The molecule has 1 N–H and O–H groups in total. The second kappa shape index (κ2) is 9.48. The minimum absolute atomic E-state index is 0.192. The van der Waals surface area contributed by atoms with Crippen molar-refractivity contribution in [2.24, 2.45) is 0 Å². The number of carboxylic acid groups (broad SMARTS) is 1. The van der Waals surface area contributed by atoms with Crippen LogP contribution in [0, 0.1) is 6.92 Å². The van der Waals surface area contributed by atoms with Crippen LogP contribution in [-0.2, 0) is 20.8 Å². The Morgan fingerprint density at radius 2 is 1.83 bits per heavy atom. The average Bonchev–Trinajstić information content (AvgIpc) is 3.35. The fraction of sp³-hybridized carbons (Fsp3) is 0.524. The topological polar surface area (TPSA) is 102 Å². The fourth-order valence-electron chi connectivity index (χ4n) is 4.02. The molecule has 0 spiro atoms. The van der Waals surface area contributed by atoms with Gasteiger partial charge in [0.2, 0.25) is 0 Å². The number of rotatable bonds is 7. The Labute approximate surface area is 202 Å². The van der Waals surface area contributed by atoms with Crippen LogP contribution in [0.3, 0.4) is 0 Å². The molecule has 200 valence electrons. The molecule has 0 bridgehead atoms. The van der Waals surface area contributed by atoms with Gasteiger partial charge >= 0.3 is 18.3 Å². The molecular formula is C21H23F6N3O5S. The number of hydrogen-bond acceptors (Lipinski definition) is 6. The van der Waals surface area contributed by atoms with Crippen LogP contribution < -0.4 is 9.64 Å². The van der Waals surface area contributed by atoms with Crippen LogP contribution in [0.4, 0.5) is 32.2 Å². The van der Waals surface area contributed by atoms with Gasteiger partial charge in [0, 0.05) is 18.7 Å². The molecule has 0 aliphatic carbocycles. The monoisotopic (exact) mass is 543 g/mol. The summed E-state index contributed by atoms with van der Waals surface area (Å²) in [4.78, 5) is 12.1. The first-order chi connectivity index (χ1) is 16.4. The summed E-state index contributed by atoms with van der Waals surface area (Å²) in [7, 11) is -4.78. The Balaban J connectivity index is 2.02. The SMILES string of the molecule is Cc1cc(N2C[C@H](S(=O)(=O)c3ccc(OCC(F)(F)F)cc3C(F)(F)F)C[C@H]2C(=O)O)n(C(C)C)n1. The zero-order chi connectivity index (χ0) is 27.2. The van der Waals surface area contributed by atoms with E-state index in [1.165, 1.54) is 9.58 Å². The maximum absolute atomic E-state index is 13.8. The van der Waals surface area contributed by atoms with Gasteiger partial charge in [0.25, 0.3) is 0 Å². The number of ether oxygens (including phenoxy) is 1. The smallest absolute Gasteiger partial charge is 0.422 e. The van der Waals surface area contributed by atoms with Crippen LogP contribution in [0.1, 0.15) is 37.6 Å². The minimum Gasteiger partial charge on any atom is -0.484 e. The standard InChI is InChI=1S/C21H23F6N3O5S/c1-11(2)30-18(6-12(3)28-30)29-9-14(8-16(29)19(31)32)36(33,34)17-5-4-13(35-10-20(22,23)24)7-15(17)21(25,26)27/h4-7,11,14,16H,8-10H2,1-3H3,(H,31,32)/t14-,16+/m1/s1. The number of carboxylic acids is 1. The molecule has 15 heteroatoms. The van der Waals surface area contributed by atoms with Gasteiger partial charge in [-0.05, 0) is 45.4 Å². The summed E-state index contributed by atoms with van der Waals surface area (Å²) < 4.78 is 111. The zero-order valence-corrected chi connectivity index (χ0v) is 20.1. The highest BCUT2D eigenvalue weighted by molar-refractivity contribution is 7.92. The quantitative estimate of drug-likeness (QED) is 0.522. The molecule has 1 saturated heterocycles. The lowest BCUT2D eigenvalue weighted by Crippen LogP contribution is -2.37. The van der Waals surface area contributed by atoms with Crippen molar-refractivity contribution < 1.29 is 49.4 Å². The Bertz CT molecular complexity index is 1240. The minimum atomic E-state index is -5.24. The summed E-state index contributed by atoms with van der Waals surface area (Å²) in [5.74, 6) is -1.88. The maximum Gasteiger partial charge on any atom is 0.422 e. The predicted octanol–water partition coefficient (Wildman–Crippen LogP) is 4.24. The van der Waals surface area contributed by atoms with Crippen molar-refractivity contribution in [2.75, 3.05) is 18.1 Å². The van der Waals surface area contributed by atoms with Crippen molar-refractivity contribution in [3.8, 4) is 5.75 Å². The number of aliphatic carboxylic acids is 1. The molecule has 1 aliphatic rings. The van der Waals surface area contributed by atoms with Crippen LogP contribution in [-0.4, -0.2) is 59.9 Å². The molecule has 0 amide bonds. The number of hydrogen-bond donors (Lipinski definition) is 1. The van der Waals surface area contributed by atoms with Gasteiger partial charge in [-0.3, -0.25) is 0 Å². The Hall–Kier alpha value is -2.97. The highest BCUT2D eigenvalue weighted by atomic mass is 32.2. The van der Waals surface area contributed by atoms with Gasteiger partial charge < -0.3 is 14.7 Å². The maximum atomic E-state index is 13.8. The van der Waals surface area contributed by atoms with Crippen molar-refractivity contribution in [2.45, 2.75) is 61.8 Å². The number of sulfone groups is 1. The van der Waals surface area contributed by atoms with Crippen LogP contribution >= 0.6 is 0 Å². The second-order valence-corrected chi connectivity index (χ2v) is 10.8. The van der Waals surface area contributed by atoms with E-state index in [2.05, 4.69) is 9.84 Å². The first-order valence-corrected chi connectivity index (χ1v) is 12.2. The molecule has 1 aromatic carbocycles. The average molecular weight is 543 g/mol. The second-order valence-electron chi connectivity index (χ2n) is 8.65. The normalized spacial score (nSPS) is 19.2. The van der Waals surface area contributed by atoms with E-state index in [4.69, 9.17) is 0 Å². The van der Waals surface area contributed by atoms with E-state index in [0.717, 1.165) is 0 Å². The van der Waals surface area contributed by atoms with Crippen LogP contribution in [0.15, 0.2) is 29.2 Å². The third kappa shape index (κ3) is 5.71. The molecule has 3 rings (SSSR count). The lowest BCUT2D eigenvalue weighted by Gasteiger charge is -2.25. The van der Waals surface area contributed by atoms with E-state index in [9.17, 15) is 44.7 Å². The molecule has 0 unspecified atom stereocenters. The number of anilines is 1. The number of alkyl halides is 6. The summed E-state index contributed by atoms with van der Waals surface area (Å²) >= 11 is 0. The molecule has 2 aromatic rings. The summed E-state index contributed by atoms with van der Waals surface area (Å²) in [6.07, 6.45) is -10.6. The van der Waals surface area contributed by atoms with Crippen LogP contribution in [0.25, 0.3) is 0 Å². The third-order valence-corrected chi connectivity index (χ3v) is 7.76. The predicted molar refractivity (Wildman–Crippen MR) is 115 cm³/mol. The molecule has 1 fully saturated rings. The van der Waals surface area contributed by atoms with Gasteiger partial charge in [-0.2, -0.15) is 31.4 Å². The summed E-state index contributed by atoms with van der Waals surface area (Å²) in [6.45, 7) is 2.90. The van der Waals surface area contributed by atoms with Gasteiger partial charge in [-0.15, -0.1) is 0 Å². The first-order valence-electron chi connectivity index (χ1n) is 10.6. The van der Waals surface area contributed by atoms with E-state index in [1.54, 1.807) is 26.8 Å². The lowest BCUT2D eigenvalue weighted by molar-refractivity contribution is -0.153. The summed E-state index contributed by atoms with van der Waals surface area (Å²) in [5.41, 5.74) is -1.17. The number of halogens is 6. The molecule has 2 atom stereocenters. The van der Waals surface area contributed by atoms with Gasteiger partial charge in [-0.25, -0.2) is 17.9 Å². The van der Waals surface area contributed by atoms with Crippen molar-refractivity contribution in [1.29, 1.82) is 0 Å². The van der Waals surface area contributed by atoms with Crippen molar-refractivity contribution >= 4 is 21.6 Å². The summed E-state index contributed by atoms with van der Waals surface area (Å²) in [5, 5.41) is 12.5. The van der Waals surface area contributed by atoms with Crippen molar-refractivity contribution in [1.82, 2.24) is 9.78 Å². The number of nitrogens with zero attached hydrogens (tertiary/aromatic N) is 3. The van der Waals surface area contributed by atoms with E-state index >= 15 is 0 Å². The molecular weight excluding hydrogens is 520 g/mol. The van der Waals surface area contributed by atoms with Gasteiger partial charge in [0.05, 0.1) is 21.4 Å². The zero-order valence-electron chi connectivity index (χ0n) is 19.3. The van der Waals surface area contributed by atoms with E-state index < -0.39 is 75.2 Å². The van der Waals surface area contributed by atoms with Gasteiger partial charge in [0.1, 0.15) is 17.6 Å². The molecule has 8 nitrogen and oxygen atoms in total. The van der Waals surface area contributed by atoms with E-state index in [1.807, 2.05) is 0 Å². The Morgan fingerprint density at radius 3 is 2.36 bits per heavy atom. The lowest BCUT2D eigenvalue weighted by atomic mass is 10.2. The largest absolute Gasteiger partial charge is 0.484 e. The molecule has 0 saturated carbocycles. The molecule has 0 radical (unpaired) electrons. The van der Waals surface area contributed by atoms with Gasteiger partial charge in [0.15, 0.2) is 16.4 Å². The molecule has 36 heavy (non-hydrogen) atoms. The van der Waals surface area contributed by atoms with Crippen molar-refractivity contribution in [3.63, 3.8) is 0 Å². The van der Waals surface area contributed by atoms with Gasteiger partial charge in [-0.1, -0.05) is 0 Å². The fourth-order valence-corrected chi connectivity index (χ4v) is 5.91. The highest BCUT2D eigenvalue weighted by Gasteiger charge is 2.47. The van der Waals surface area contributed by atoms with Crippen LogP contribution in [0.2, 0.25) is 0 Å². The summed E-state index contributed by atoms with van der Waals surface area (Å²) in [6, 6.07) is 1.40. The van der Waals surface area contributed by atoms with E-state index in [0.29, 0.717) is 23.6 Å². The van der Waals surface area contributed by atoms with Crippen LogP contribution in [0.5, 0.6) is 5.75 Å². The first kappa shape index (κ1) is 27.6. The third-order valence-electron chi connectivity index (χ3n) is 5.57. The Morgan fingerprint density at radius 1 is 1.19 bits per heavy atom. The molecule has 2 heterocycles. The number of aryl methyl sites for hydroxylation is 1. The number of aromatic nitrogens is 2. The molecule has 1 aliphatic heterocycles. The van der Waals surface area contributed by atoms with Crippen molar-refractivity contribution in [3.05, 3.63) is 35.5 Å². The number of benzene rings is 1. The highest BCUT2D eigenvalue weighted by Crippen LogP contribution is 2.40. The molecule has 1 aromatic heterocycles. The Kier molecular flexibility index (Phi) is 7.27. The van der Waals surface area contributed by atoms with E-state index in [-0.39, 0.29) is 12.1 Å².